The topological polar surface area (TPSA) is 18.5 Å². The lowest BCUT2D eigenvalue weighted by Gasteiger charge is -2.15. The summed E-state index contributed by atoms with van der Waals surface area (Å²) in [5, 5.41) is 7.42. The van der Waals surface area contributed by atoms with Crippen molar-refractivity contribution in [2.75, 3.05) is 13.2 Å². The average molecular weight is 469 g/mol. The Balaban J connectivity index is 1.18. The van der Waals surface area contributed by atoms with Crippen molar-refractivity contribution in [1.29, 1.82) is 0 Å². The molecule has 0 N–H and O–H groups in total. The first kappa shape index (κ1) is 22.2. The third-order valence-electron chi connectivity index (χ3n) is 6.84. The van der Waals surface area contributed by atoms with Crippen LogP contribution in [0.4, 0.5) is 0 Å². The van der Waals surface area contributed by atoms with Crippen molar-refractivity contribution in [3.8, 4) is 11.5 Å². The molecule has 0 aliphatic rings. The molecule has 0 spiro atoms. The number of fused-ring (bicyclic) bond motifs is 3. The first-order valence-electron chi connectivity index (χ1n) is 12.6. The molecule has 0 aromatic heterocycles. The lowest BCUT2D eigenvalue weighted by molar-refractivity contribution is 0.316. The molecule has 0 aliphatic carbocycles. The van der Waals surface area contributed by atoms with Crippen LogP contribution in [0.25, 0.3) is 32.3 Å². The van der Waals surface area contributed by atoms with E-state index in [1.165, 1.54) is 43.4 Å². The van der Waals surface area contributed by atoms with Gasteiger partial charge in [-0.05, 0) is 67.7 Å². The van der Waals surface area contributed by atoms with Gasteiger partial charge in [0, 0.05) is 12.8 Å². The standard InChI is InChI=1S/C34H28O2/c1-3-10-29-23-31(17-15-25(29)7-1)35-21-19-28-14-13-27-9-5-6-12-33(27)34(28)20-22-36-32-18-16-26-8-2-4-11-30(26)24-32/h1-18,23-24H,19-22H2. The Morgan fingerprint density at radius 2 is 0.917 bits per heavy atom. The van der Waals surface area contributed by atoms with Gasteiger partial charge in [-0.3, -0.25) is 0 Å². The molecule has 2 nitrogen and oxygen atoms in total. The predicted octanol–water partition coefficient (Wildman–Crippen LogP) is 8.39. The molecule has 2 heteroatoms. The Morgan fingerprint density at radius 3 is 1.56 bits per heavy atom. The fraction of sp³-hybridized carbons (Fsp3) is 0.118. The van der Waals surface area contributed by atoms with Crippen molar-refractivity contribution in [2.45, 2.75) is 12.8 Å². The molecule has 6 aromatic rings. The van der Waals surface area contributed by atoms with Crippen LogP contribution in [0, 0.1) is 0 Å². The minimum absolute atomic E-state index is 0.630. The molecule has 0 radical (unpaired) electrons. The fourth-order valence-electron chi connectivity index (χ4n) is 4.97. The van der Waals surface area contributed by atoms with E-state index in [0.717, 1.165) is 24.3 Å². The molecule has 0 unspecified atom stereocenters. The van der Waals surface area contributed by atoms with Crippen molar-refractivity contribution < 1.29 is 9.47 Å². The maximum absolute atomic E-state index is 6.21. The van der Waals surface area contributed by atoms with E-state index in [9.17, 15) is 0 Å². The highest BCUT2D eigenvalue weighted by Crippen LogP contribution is 2.26. The van der Waals surface area contributed by atoms with E-state index in [1.807, 2.05) is 0 Å². The second-order valence-electron chi connectivity index (χ2n) is 9.14. The number of hydrogen-bond donors (Lipinski definition) is 0. The molecule has 0 bridgehead atoms. The van der Waals surface area contributed by atoms with Crippen molar-refractivity contribution in [3.63, 3.8) is 0 Å². The molecule has 6 rings (SSSR count). The van der Waals surface area contributed by atoms with Crippen LogP contribution in [0.3, 0.4) is 0 Å². The summed E-state index contributed by atoms with van der Waals surface area (Å²) in [6, 6.07) is 42.4. The Kier molecular flexibility index (Phi) is 6.24. The van der Waals surface area contributed by atoms with Gasteiger partial charge in [0.2, 0.25) is 0 Å². The molecule has 0 atom stereocenters. The van der Waals surface area contributed by atoms with E-state index >= 15 is 0 Å². The van der Waals surface area contributed by atoms with Gasteiger partial charge in [0.05, 0.1) is 13.2 Å². The molecule has 0 aliphatic heterocycles. The van der Waals surface area contributed by atoms with Gasteiger partial charge in [-0.15, -0.1) is 0 Å². The van der Waals surface area contributed by atoms with Crippen molar-refractivity contribution >= 4 is 32.3 Å². The normalized spacial score (nSPS) is 11.2. The fourth-order valence-corrected chi connectivity index (χ4v) is 4.97. The van der Waals surface area contributed by atoms with E-state index < -0.39 is 0 Å². The van der Waals surface area contributed by atoms with Crippen LogP contribution in [0.2, 0.25) is 0 Å². The Bertz CT molecular complexity index is 1650. The molecule has 0 saturated heterocycles. The second kappa shape index (κ2) is 10.1. The summed E-state index contributed by atoms with van der Waals surface area (Å²) in [6.07, 6.45) is 1.70. The third-order valence-corrected chi connectivity index (χ3v) is 6.84. The Hall–Kier alpha value is -4.30. The summed E-state index contributed by atoms with van der Waals surface area (Å²) in [7, 11) is 0. The highest BCUT2D eigenvalue weighted by Gasteiger charge is 2.09. The molecular formula is C34H28O2. The minimum atomic E-state index is 0.630. The third kappa shape index (κ3) is 4.76. The highest BCUT2D eigenvalue weighted by molar-refractivity contribution is 5.87. The lowest BCUT2D eigenvalue weighted by Crippen LogP contribution is -2.08. The average Bonchev–Trinajstić information content (AvgIpc) is 2.93. The van der Waals surface area contributed by atoms with E-state index in [1.54, 1.807) is 0 Å². The zero-order valence-electron chi connectivity index (χ0n) is 20.2. The summed E-state index contributed by atoms with van der Waals surface area (Å²) in [5.41, 5.74) is 2.66. The smallest absolute Gasteiger partial charge is 0.119 e. The maximum atomic E-state index is 6.21. The van der Waals surface area contributed by atoms with Crippen molar-refractivity contribution in [2.24, 2.45) is 0 Å². The molecule has 0 heterocycles. The van der Waals surface area contributed by atoms with E-state index in [0.29, 0.717) is 13.2 Å². The van der Waals surface area contributed by atoms with Crippen LogP contribution < -0.4 is 9.47 Å². The second-order valence-corrected chi connectivity index (χ2v) is 9.14. The van der Waals surface area contributed by atoms with Crippen LogP contribution in [0.15, 0.2) is 121 Å². The van der Waals surface area contributed by atoms with Gasteiger partial charge < -0.3 is 9.47 Å². The van der Waals surface area contributed by atoms with Crippen molar-refractivity contribution in [3.05, 3.63) is 132 Å². The lowest BCUT2D eigenvalue weighted by atomic mass is 9.95. The zero-order chi connectivity index (χ0) is 24.2. The van der Waals surface area contributed by atoms with Crippen LogP contribution in [0.5, 0.6) is 11.5 Å². The van der Waals surface area contributed by atoms with Gasteiger partial charge in [-0.1, -0.05) is 97.1 Å². The molecule has 6 aromatic carbocycles. The SMILES string of the molecule is c1ccc2cc(OCCc3ccc4ccccc4c3CCOc3ccc4ccccc4c3)ccc2c1. The van der Waals surface area contributed by atoms with Gasteiger partial charge >= 0.3 is 0 Å². The molecule has 36 heavy (non-hydrogen) atoms. The Labute approximate surface area is 211 Å². The molecule has 0 saturated carbocycles. The molecule has 0 fully saturated rings. The summed E-state index contributed by atoms with van der Waals surface area (Å²) < 4.78 is 12.4. The number of benzene rings is 6. The predicted molar refractivity (Wildman–Crippen MR) is 150 cm³/mol. The first-order valence-corrected chi connectivity index (χ1v) is 12.6. The number of ether oxygens (including phenoxy) is 2. The summed E-state index contributed by atoms with van der Waals surface area (Å²) in [5.74, 6) is 1.82. The summed E-state index contributed by atoms with van der Waals surface area (Å²) in [4.78, 5) is 0. The van der Waals surface area contributed by atoms with Gasteiger partial charge in [0.15, 0.2) is 0 Å². The molecule has 176 valence electrons. The van der Waals surface area contributed by atoms with E-state index in [-0.39, 0.29) is 0 Å². The van der Waals surface area contributed by atoms with E-state index in [4.69, 9.17) is 9.47 Å². The van der Waals surface area contributed by atoms with Crippen LogP contribution >= 0.6 is 0 Å². The number of rotatable bonds is 8. The van der Waals surface area contributed by atoms with Crippen LogP contribution in [-0.4, -0.2) is 13.2 Å². The van der Waals surface area contributed by atoms with E-state index in [2.05, 4.69) is 121 Å². The maximum Gasteiger partial charge on any atom is 0.119 e. The molecular weight excluding hydrogens is 440 g/mol. The van der Waals surface area contributed by atoms with Gasteiger partial charge in [-0.25, -0.2) is 0 Å². The van der Waals surface area contributed by atoms with Gasteiger partial charge in [0.1, 0.15) is 11.5 Å². The van der Waals surface area contributed by atoms with Gasteiger partial charge in [-0.2, -0.15) is 0 Å². The van der Waals surface area contributed by atoms with Crippen molar-refractivity contribution in [1.82, 2.24) is 0 Å². The monoisotopic (exact) mass is 468 g/mol. The zero-order valence-corrected chi connectivity index (χ0v) is 20.2. The van der Waals surface area contributed by atoms with Crippen LogP contribution in [-0.2, 0) is 12.8 Å². The van der Waals surface area contributed by atoms with Crippen LogP contribution in [0.1, 0.15) is 11.1 Å². The highest BCUT2D eigenvalue weighted by atomic mass is 16.5. The Morgan fingerprint density at radius 1 is 0.417 bits per heavy atom. The quantitative estimate of drug-likeness (QED) is 0.223. The number of hydrogen-bond acceptors (Lipinski definition) is 2. The van der Waals surface area contributed by atoms with Gasteiger partial charge in [0.25, 0.3) is 0 Å². The first-order chi connectivity index (χ1) is 17.8. The molecule has 0 amide bonds. The largest absolute Gasteiger partial charge is 0.493 e. The minimum Gasteiger partial charge on any atom is -0.493 e. The summed E-state index contributed by atoms with van der Waals surface area (Å²) >= 11 is 0. The summed E-state index contributed by atoms with van der Waals surface area (Å²) in [6.45, 7) is 1.26.